The average molecular weight is 268 g/mol. The fourth-order valence-electron chi connectivity index (χ4n) is 1.65. The fourth-order valence-corrected chi connectivity index (χ4v) is 1.65. The summed E-state index contributed by atoms with van der Waals surface area (Å²) in [7, 11) is 0. The van der Waals surface area contributed by atoms with Crippen LogP contribution < -0.4 is 14.2 Å². The molecule has 0 radical (unpaired) electrons. The maximum absolute atomic E-state index is 11.2. The summed E-state index contributed by atoms with van der Waals surface area (Å²) in [5.74, 6) is 0.0927. The molecule has 2 rings (SSSR count). The third-order valence-corrected chi connectivity index (χ3v) is 2.50. The number of ether oxygens (including phenoxy) is 4. The van der Waals surface area contributed by atoms with Gasteiger partial charge >= 0.3 is 5.97 Å². The Bertz CT molecular complexity index is 468. The lowest BCUT2D eigenvalue weighted by atomic mass is 10.2. The first-order chi connectivity index (χ1) is 9.08. The maximum atomic E-state index is 11.2. The third kappa shape index (κ3) is 3.29. The summed E-state index contributed by atoms with van der Waals surface area (Å²) >= 11 is 0. The van der Waals surface area contributed by atoms with Crippen LogP contribution in [-0.2, 0) is 4.74 Å². The van der Waals surface area contributed by atoms with Crippen molar-refractivity contribution in [3.63, 3.8) is 0 Å². The molecule has 6 heteroatoms. The van der Waals surface area contributed by atoms with Gasteiger partial charge in [-0.2, -0.15) is 0 Å². The van der Waals surface area contributed by atoms with Gasteiger partial charge in [-0.3, -0.25) is 0 Å². The number of hydrogen-bond acceptors (Lipinski definition) is 5. The van der Waals surface area contributed by atoms with Crippen LogP contribution in [0.15, 0.2) is 12.1 Å². The molecule has 0 atom stereocenters. The normalized spacial score (nSPS) is 12.8. The lowest BCUT2D eigenvalue weighted by Crippen LogP contribution is -2.12. The Balaban J connectivity index is 2.08. The van der Waals surface area contributed by atoms with Gasteiger partial charge in [0.25, 0.3) is 0 Å². The van der Waals surface area contributed by atoms with Crippen LogP contribution in [-0.4, -0.2) is 37.2 Å². The van der Waals surface area contributed by atoms with E-state index < -0.39 is 5.97 Å². The molecule has 19 heavy (non-hydrogen) atoms. The largest absolute Gasteiger partial charge is 0.490 e. The van der Waals surface area contributed by atoms with Crippen LogP contribution in [0.2, 0.25) is 0 Å². The molecule has 1 aromatic carbocycles. The van der Waals surface area contributed by atoms with Gasteiger partial charge < -0.3 is 24.1 Å². The first kappa shape index (κ1) is 13.5. The van der Waals surface area contributed by atoms with Crippen molar-refractivity contribution in [3.8, 4) is 17.2 Å². The molecule has 0 bridgehead atoms. The Morgan fingerprint density at radius 1 is 1.32 bits per heavy atom. The van der Waals surface area contributed by atoms with Crippen LogP contribution in [0.4, 0.5) is 0 Å². The minimum atomic E-state index is -1.07. The van der Waals surface area contributed by atoms with E-state index in [0.29, 0.717) is 18.1 Å². The number of carboxylic acid groups (broad SMARTS) is 1. The second-order valence-electron chi connectivity index (χ2n) is 4.27. The van der Waals surface area contributed by atoms with Crippen LogP contribution in [0.3, 0.4) is 0 Å². The molecule has 0 saturated heterocycles. The third-order valence-electron chi connectivity index (χ3n) is 2.50. The zero-order valence-electron chi connectivity index (χ0n) is 10.8. The van der Waals surface area contributed by atoms with E-state index in [4.69, 9.17) is 24.1 Å². The number of fused-ring (bicyclic) bond motifs is 1. The Morgan fingerprint density at radius 2 is 2.00 bits per heavy atom. The van der Waals surface area contributed by atoms with Gasteiger partial charge in [-0.25, -0.2) is 4.79 Å². The lowest BCUT2D eigenvalue weighted by molar-refractivity contribution is 0.0538. The fraction of sp³-hybridized carbons (Fsp3) is 0.462. The van der Waals surface area contributed by atoms with Gasteiger partial charge in [-0.1, -0.05) is 0 Å². The predicted molar refractivity (Wildman–Crippen MR) is 66.1 cm³/mol. The van der Waals surface area contributed by atoms with Crippen molar-refractivity contribution in [2.75, 3.05) is 20.0 Å². The summed E-state index contributed by atoms with van der Waals surface area (Å²) in [6, 6.07) is 2.93. The molecule has 0 aromatic heterocycles. The molecule has 1 aromatic rings. The van der Waals surface area contributed by atoms with Crippen molar-refractivity contribution in [1.29, 1.82) is 0 Å². The number of rotatable bonds is 6. The Hall–Kier alpha value is -1.95. The summed E-state index contributed by atoms with van der Waals surface area (Å²) < 4.78 is 21.1. The highest BCUT2D eigenvalue weighted by Crippen LogP contribution is 2.38. The van der Waals surface area contributed by atoms with Crippen LogP contribution in [0, 0.1) is 0 Å². The van der Waals surface area contributed by atoms with E-state index in [1.54, 1.807) is 0 Å². The first-order valence-electron chi connectivity index (χ1n) is 5.99. The van der Waals surface area contributed by atoms with Gasteiger partial charge in [0.05, 0.1) is 12.7 Å². The van der Waals surface area contributed by atoms with Crippen LogP contribution in [0.25, 0.3) is 0 Å². The van der Waals surface area contributed by atoms with Crippen molar-refractivity contribution in [3.05, 3.63) is 17.7 Å². The highest BCUT2D eigenvalue weighted by molar-refractivity contribution is 5.92. The van der Waals surface area contributed by atoms with Gasteiger partial charge in [-0.05, 0) is 13.8 Å². The molecule has 0 amide bonds. The molecule has 0 spiro atoms. The van der Waals surface area contributed by atoms with Gasteiger partial charge in [0.1, 0.15) is 17.9 Å². The van der Waals surface area contributed by atoms with Crippen LogP contribution >= 0.6 is 0 Å². The van der Waals surface area contributed by atoms with Crippen molar-refractivity contribution >= 4 is 5.97 Å². The first-order valence-corrected chi connectivity index (χ1v) is 5.99. The van der Waals surface area contributed by atoms with E-state index in [-0.39, 0.29) is 30.8 Å². The number of hydrogen-bond donors (Lipinski definition) is 1. The molecule has 104 valence electrons. The molecular weight excluding hydrogens is 252 g/mol. The second kappa shape index (κ2) is 5.79. The van der Waals surface area contributed by atoms with Gasteiger partial charge in [-0.15, -0.1) is 0 Å². The van der Waals surface area contributed by atoms with Gasteiger partial charge in [0.15, 0.2) is 11.5 Å². The molecule has 6 nitrogen and oxygen atoms in total. The molecule has 0 unspecified atom stereocenters. The summed E-state index contributed by atoms with van der Waals surface area (Å²) in [6.45, 7) is 4.60. The number of carboxylic acids is 1. The van der Waals surface area contributed by atoms with E-state index in [1.165, 1.54) is 12.1 Å². The smallest absolute Gasteiger partial charge is 0.339 e. The van der Waals surface area contributed by atoms with Gasteiger partial charge in [0, 0.05) is 12.1 Å². The zero-order valence-corrected chi connectivity index (χ0v) is 10.8. The average Bonchev–Trinajstić information content (AvgIpc) is 2.80. The minimum absolute atomic E-state index is 0.0498. The quantitative estimate of drug-likeness (QED) is 0.794. The summed E-state index contributed by atoms with van der Waals surface area (Å²) in [6.07, 6.45) is 0.110. The van der Waals surface area contributed by atoms with Crippen LogP contribution in [0.5, 0.6) is 17.2 Å². The number of aromatic carboxylic acids is 1. The lowest BCUT2D eigenvalue weighted by Gasteiger charge is -2.11. The van der Waals surface area contributed by atoms with E-state index in [1.807, 2.05) is 13.8 Å². The van der Waals surface area contributed by atoms with Crippen molar-refractivity contribution < 1.29 is 28.8 Å². The Morgan fingerprint density at radius 3 is 2.63 bits per heavy atom. The number of carbonyl (C=O) groups is 1. The predicted octanol–water partition coefficient (Wildman–Crippen LogP) is 1.92. The Labute approximate surface area is 110 Å². The van der Waals surface area contributed by atoms with Crippen molar-refractivity contribution in [2.45, 2.75) is 20.0 Å². The van der Waals surface area contributed by atoms with E-state index >= 15 is 0 Å². The SMILES string of the molecule is CC(C)OCCOc1cc2c(cc1C(=O)O)OCO2. The minimum Gasteiger partial charge on any atom is -0.490 e. The highest BCUT2D eigenvalue weighted by atomic mass is 16.7. The van der Waals surface area contributed by atoms with E-state index in [2.05, 4.69) is 0 Å². The van der Waals surface area contributed by atoms with E-state index in [9.17, 15) is 4.79 Å². The van der Waals surface area contributed by atoms with Crippen LogP contribution in [0.1, 0.15) is 24.2 Å². The molecule has 1 aliphatic heterocycles. The van der Waals surface area contributed by atoms with E-state index in [0.717, 1.165) is 0 Å². The number of benzene rings is 1. The van der Waals surface area contributed by atoms with Crippen molar-refractivity contribution in [1.82, 2.24) is 0 Å². The highest BCUT2D eigenvalue weighted by Gasteiger charge is 2.21. The topological polar surface area (TPSA) is 74.2 Å². The molecule has 0 fully saturated rings. The molecule has 0 saturated carbocycles. The Kier molecular flexibility index (Phi) is 4.11. The van der Waals surface area contributed by atoms with Crippen molar-refractivity contribution in [2.24, 2.45) is 0 Å². The summed E-state index contributed by atoms with van der Waals surface area (Å²) in [5, 5.41) is 9.13. The summed E-state index contributed by atoms with van der Waals surface area (Å²) in [4.78, 5) is 11.2. The second-order valence-corrected chi connectivity index (χ2v) is 4.27. The monoisotopic (exact) mass is 268 g/mol. The standard InChI is InChI=1S/C13H16O6/c1-8(2)16-3-4-17-10-6-12-11(18-7-19-12)5-9(10)13(14)15/h5-6,8H,3-4,7H2,1-2H3,(H,14,15). The molecular formula is C13H16O6. The summed E-state index contributed by atoms with van der Waals surface area (Å²) in [5.41, 5.74) is 0.0498. The molecule has 1 heterocycles. The zero-order chi connectivity index (χ0) is 13.8. The molecule has 1 N–H and O–H groups in total. The molecule has 1 aliphatic rings. The molecule has 0 aliphatic carbocycles. The van der Waals surface area contributed by atoms with Gasteiger partial charge in [0.2, 0.25) is 6.79 Å². The maximum Gasteiger partial charge on any atom is 0.339 e.